The van der Waals surface area contributed by atoms with Gasteiger partial charge in [-0.25, -0.2) is 14.6 Å². The molecule has 0 saturated carbocycles. The molecular formula is C24H24N6O3. The second-order valence-corrected chi connectivity index (χ2v) is 7.28. The van der Waals surface area contributed by atoms with Crippen LogP contribution in [0.3, 0.4) is 0 Å². The summed E-state index contributed by atoms with van der Waals surface area (Å²) in [5, 5.41) is 5.82. The fraction of sp³-hybridized carbons (Fsp3) is 0.167. The first-order valence-corrected chi connectivity index (χ1v) is 10.5. The van der Waals surface area contributed by atoms with E-state index in [1.54, 1.807) is 49.1 Å². The molecule has 0 atom stereocenters. The van der Waals surface area contributed by atoms with E-state index in [0.717, 1.165) is 6.54 Å². The first kappa shape index (κ1) is 21.8. The lowest BCUT2D eigenvalue weighted by Gasteiger charge is -2.08. The van der Waals surface area contributed by atoms with Crippen LogP contribution in [-0.4, -0.2) is 31.8 Å². The Balaban J connectivity index is 1.51. The Labute approximate surface area is 190 Å². The van der Waals surface area contributed by atoms with E-state index in [9.17, 15) is 9.59 Å². The van der Waals surface area contributed by atoms with Crippen LogP contribution in [0.15, 0.2) is 71.8 Å². The molecule has 0 saturated heterocycles. The number of ether oxygens (including phenoxy) is 1. The van der Waals surface area contributed by atoms with E-state index in [1.165, 1.54) is 10.9 Å². The number of nitrogens with one attached hydrogen (secondary N) is 2. The molecule has 4 rings (SSSR count). The number of carbonyl (C=O) groups is 1. The van der Waals surface area contributed by atoms with Crippen molar-refractivity contribution in [1.82, 2.24) is 19.3 Å². The normalized spacial score (nSPS) is 10.6. The summed E-state index contributed by atoms with van der Waals surface area (Å²) in [6.07, 6.45) is 3.16. The number of benzene rings is 1. The van der Waals surface area contributed by atoms with Crippen LogP contribution in [0.25, 0.3) is 5.69 Å². The summed E-state index contributed by atoms with van der Waals surface area (Å²) in [7, 11) is 1.74. The molecule has 168 valence electrons. The van der Waals surface area contributed by atoms with Crippen LogP contribution in [0, 0.1) is 6.92 Å². The van der Waals surface area contributed by atoms with Crippen molar-refractivity contribution in [3.63, 3.8) is 0 Å². The van der Waals surface area contributed by atoms with Gasteiger partial charge in [-0.15, -0.1) is 0 Å². The van der Waals surface area contributed by atoms with Crippen molar-refractivity contribution in [3.8, 4) is 17.2 Å². The second kappa shape index (κ2) is 9.39. The van der Waals surface area contributed by atoms with Gasteiger partial charge in [0.15, 0.2) is 0 Å². The van der Waals surface area contributed by atoms with Gasteiger partial charge in [-0.05, 0) is 44.2 Å². The topological polar surface area (TPSA) is 103 Å². The van der Waals surface area contributed by atoms with E-state index in [4.69, 9.17) is 4.74 Å². The molecule has 9 nitrogen and oxygen atoms in total. The highest BCUT2D eigenvalue weighted by molar-refractivity contribution is 6.04. The molecule has 3 aromatic heterocycles. The highest BCUT2D eigenvalue weighted by atomic mass is 16.5. The van der Waals surface area contributed by atoms with Gasteiger partial charge in [0.25, 0.3) is 11.5 Å². The first-order chi connectivity index (χ1) is 16.0. The minimum Gasteiger partial charge on any atom is -0.456 e. The summed E-state index contributed by atoms with van der Waals surface area (Å²) in [6.45, 7) is 4.47. The highest BCUT2D eigenvalue weighted by Gasteiger charge is 2.22. The Morgan fingerprint density at radius 2 is 1.82 bits per heavy atom. The minimum absolute atomic E-state index is 0.0659. The molecule has 0 radical (unpaired) electrons. The van der Waals surface area contributed by atoms with Crippen LogP contribution in [-0.2, 0) is 7.05 Å². The van der Waals surface area contributed by atoms with Crippen LogP contribution < -0.4 is 20.9 Å². The molecule has 0 fully saturated rings. The summed E-state index contributed by atoms with van der Waals surface area (Å²) in [4.78, 5) is 34.4. The molecule has 0 aliphatic carbocycles. The van der Waals surface area contributed by atoms with Gasteiger partial charge < -0.3 is 15.4 Å². The number of para-hydroxylation sites is 1. The number of nitrogens with zero attached hydrogens (tertiary/aromatic N) is 4. The number of hydrogen-bond donors (Lipinski definition) is 2. The predicted molar refractivity (Wildman–Crippen MR) is 126 cm³/mol. The average Bonchev–Trinajstić information content (AvgIpc) is 3.04. The van der Waals surface area contributed by atoms with Gasteiger partial charge in [0, 0.05) is 25.9 Å². The molecule has 0 aliphatic heterocycles. The zero-order valence-electron chi connectivity index (χ0n) is 18.6. The maximum atomic E-state index is 13.0. The zero-order valence-corrected chi connectivity index (χ0v) is 18.6. The Hall–Kier alpha value is -4.40. The lowest BCUT2D eigenvalue weighted by molar-refractivity contribution is 0.102. The minimum atomic E-state index is -0.520. The number of carbonyl (C=O) groups excluding carboxylic acids is 1. The number of pyridine rings is 2. The maximum Gasteiger partial charge on any atom is 0.284 e. The Kier molecular flexibility index (Phi) is 6.21. The zero-order chi connectivity index (χ0) is 23.4. The largest absolute Gasteiger partial charge is 0.456 e. The van der Waals surface area contributed by atoms with Crippen molar-refractivity contribution in [2.24, 2.45) is 7.05 Å². The monoisotopic (exact) mass is 444 g/mol. The van der Waals surface area contributed by atoms with E-state index in [-0.39, 0.29) is 5.56 Å². The Morgan fingerprint density at radius 3 is 2.52 bits per heavy atom. The van der Waals surface area contributed by atoms with Crippen LogP contribution in [0.2, 0.25) is 0 Å². The van der Waals surface area contributed by atoms with Crippen molar-refractivity contribution in [1.29, 1.82) is 0 Å². The molecule has 0 bridgehead atoms. The number of anilines is 2. The fourth-order valence-corrected chi connectivity index (χ4v) is 3.41. The van der Waals surface area contributed by atoms with E-state index in [0.29, 0.717) is 34.5 Å². The number of amides is 1. The first-order valence-electron chi connectivity index (χ1n) is 10.5. The van der Waals surface area contributed by atoms with Crippen molar-refractivity contribution < 1.29 is 9.53 Å². The lowest BCUT2D eigenvalue weighted by Crippen LogP contribution is -2.25. The third-order valence-electron chi connectivity index (χ3n) is 5.08. The smallest absolute Gasteiger partial charge is 0.284 e. The molecule has 9 heteroatoms. The van der Waals surface area contributed by atoms with Crippen LogP contribution >= 0.6 is 0 Å². The molecule has 0 aliphatic rings. The summed E-state index contributed by atoms with van der Waals surface area (Å²) in [6, 6.07) is 16.0. The molecule has 4 aromatic rings. The van der Waals surface area contributed by atoms with E-state index in [1.807, 2.05) is 37.3 Å². The lowest BCUT2D eigenvalue weighted by atomic mass is 10.2. The van der Waals surface area contributed by atoms with Gasteiger partial charge in [-0.1, -0.05) is 18.2 Å². The third kappa shape index (κ3) is 4.62. The molecule has 0 unspecified atom stereocenters. The van der Waals surface area contributed by atoms with E-state index in [2.05, 4.69) is 20.6 Å². The van der Waals surface area contributed by atoms with Crippen LogP contribution in [0.4, 0.5) is 11.6 Å². The van der Waals surface area contributed by atoms with Gasteiger partial charge in [0.2, 0.25) is 0 Å². The molecule has 3 heterocycles. The van der Waals surface area contributed by atoms with Crippen molar-refractivity contribution in [2.45, 2.75) is 13.8 Å². The molecular weight excluding hydrogens is 420 g/mol. The summed E-state index contributed by atoms with van der Waals surface area (Å²) < 4.78 is 8.93. The molecule has 2 N–H and O–H groups in total. The average molecular weight is 444 g/mol. The summed E-state index contributed by atoms with van der Waals surface area (Å²) in [5.41, 5.74) is 0.903. The van der Waals surface area contributed by atoms with Crippen molar-refractivity contribution in [2.75, 3.05) is 17.2 Å². The maximum absolute atomic E-state index is 13.0. The summed E-state index contributed by atoms with van der Waals surface area (Å²) in [5.74, 6) is 1.62. The van der Waals surface area contributed by atoms with Crippen LogP contribution in [0.5, 0.6) is 11.5 Å². The molecule has 1 amide bonds. The SMILES string of the molecule is CCNc1cc(Oc2ccc(NC(=O)c3c(C)n(C)n(-c4ccccc4)c3=O)nc2)ccn1. The quantitative estimate of drug-likeness (QED) is 0.450. The van der Waals surface area contributed by atoms with Crippen molar-refractivity contribution >= 4 is 17.5 Å². The van der Waals surface area contributed by atoms with Crippen LogP contribution in [0.1, 0.15) is 23.0 Å². The number of rotatable bonds is 7. The van der Waals surface area contributed by atoms with Gasteiger partial charge in [-0.3, -0.25) is 14.3 Å². The van der Waals surface area contributed by atoms with E-state index >= 15 is 0 Å². The molecule has 33 heavy (non-hydrogen) atoms. The number of hydrogen-bond acceptors (Lipinski definition) is 6. The number of aromatic nitrogens is 4. The predicted octanol–water partition coefficient (Wildman–Crippen LogP) is 3.75. The standard InChI is InChI=1S/C24H24N6O3/c1-4-25-21-14-18(12-13-26-21)33-19-10-11-20(27-15-19)28-23(31)22-16(2)29(3)30(24(22)32)17-8-6-5-7-9-17/h5-15H,4H2,1-3H3,(H,25,26)(H,27,28,31). The van der Waals surface area contributed by atoms with E-state index < -0.39 is 11.5 Å². The Bertz CT molecular complexity index is 1330. The van der Waals surface area contributed by atoms with Gasteiger partial charge in [-0.2, -0.15) is 0 Å². The summed E-state index contributed by atoms with van der Waals surface area (Å²) >= 11 is 0. The molecule has 0 spiro atoms. The van der Waals surface area contributed by atoms with Gasteiger partial charge in [0.1, 0.15) is 28.7 Å². The van der Waals surface area contributed by atoms with Crippen molar-refractivity contribution in [3.05, 3.63) is 88.6 Å². The highest BCUT2D eigenvalue weighted by Crippen LogP contribution is 2.23. The third-order valence-corrected chi connectivity index (χ3v) is 5.08. The molecule has 1 aromatic carbocycles. The van der Waals surface area contributed by atoms with Gasteiger partial charge in [0.05, 0.1) is 17.6 Å². The fourth-order valence-electron chi connectivity index (χ4n) is 3.41. The second-order valence-electron chi connectivity index (χ2n) is 7.28. The Morgan fingerprint density at radius 1 is 1.03 bits per heavy atom. The van der Waals surface area contributed by atoms with Gasteiger partial charge >= 0.3 is 0 Å².